The number of amides is 1. The number of hydrogen-bond donors (Lipinski definition) is 0. The highest BCUT2D eigenvalue weighted by Gasteiger charge is 2.31. The van der Waals surface area contributed by atoms with Crippen LogP contribution in [0.25, 0.3) is 0 Å². The molecule has 5 nitrogen and oxygen atoms in total. The first kappa shape index (κ1) is 18.0. The summed E-state index contributed by atoms with van der Waals surface area (Å²) in [5, 5.41) is 0. The summed E-state index contributed by atoms with van der Waals surface area (Å²) >= 11 is 0. The van der Waals surface area contributed by atoms with Crippen LogP contribution < -0.4 is 9.64 Å². The molecule has 1 atom stereocenters. The van der Waals surface area contributed by atoms with Gasteiger partial charge in [-0.2, -0.15) is 0 Å². The zero-order valence-electron chi connectivity index (χ0n) is 15.3. The minimum Gasteiger partial charge on any atom is -0.479 e. The summed E-state index contributed by atoms with van der Waals surface area (Å²) in [5.41, 5.74) is 3.29. The Kier molecular flexibility index (Phi) is 5.26. The molecule has 0 spiro atoms. The number of carbonyl (C=O) groups is 2. The van der Waals surface area contributed by atoms with Gasteiger partial charge < -0.3 is 14.4 Å². The van der Waals surface area contributed by atoms with Crippen LogP contribution in [0.3, 0.4) is 0 Å². The van der Waals surface area contributed by atoms with E-state index in [1.54, 1.807) is 24.0 Å². The third kappa shape index (κ3) is 3.72. The van der Waals surface area contributed by atoms with Gasteiger partial charge in [0, 0.05) is 0 Å². The Hall–Kier alpha value is -2.82. The van der Waals surface area contributed by atoms with Gasteiger partial charge in [-0.25, -0.2) is 4.79 Å². The fourth-order valence-electron chi connectivity index (χ4n) is 2.89. The maximum absolute atomic E-state index is 12.6. The summed E-state index contributed by atoms with van der Waals surface area (Å²) in [6.45, 7) is 6.53. The molecule has 2 aromatic rings. The number of hydrogen-bond acceptors (Lipinski definition) is 4. The van der Waals surface area contributed by atoms with Crippen LogP contribution in [-0.4, -0.2) is 24.6 Å². The van der Waals surface area contributed by atoms with Crippen molar-refractivity contribution in [2.24, 2.45) is 0 Å². The Bertz CT molecular complexity index is 813. The summed E-state index contributed by atoms with van der Waals surface area (Å²) < 4.78 is 10.8. The molecular formula is C21H23NO4. The number of benzene rings is 2. The molecule has 0 aliphatic carbocycles. The zero-order chi connectivity index (χ0) is 18.7. The molecule has 0 saturated carbocycles. The van der Waals surface area contributed by atoms with E-state index in [0.717, 1.165) is 23.2 Å². The van der Waals surface area contributed by atoms with Crippen molar-refractivity contribution in [3.05, 3.63) is 59.2 Å². The SMILES string of the molecule is CCCOC(=O)c1ccc(CN2C(=O)C(C)Oc3ccc(C)cc32)cc1. The number of ether oxygens (including phenoxy) is 2. The summed E-state index contributed by atoms with van der Waals surface area (Å²) in [7, 11) is 0. The normalized spacial score (nSPS) is 16.0. The quantitative estimate of drug-likeness (QED) is 0.766. The Morgan fingerprint density at radius 1 is 1.19 bits per heavy atom. The zero-order valence-corrected chi connectivity index (χ0v) is 15.3. The van der Waals surface area contributed by atoms with E-state index in [-0.39, 0.29) is 11.9 Å². The first-order valence-corrected chi connectivity index (χ1v) is 8.84. The fourth-order valence-corrected chi connectivity index (χ4v) is 2.89. The number of rotatable bonds is 5. The van der Waals surface area contributed by atoms with Crippen LogP contribution in [0.15, 0.2) is 42.5 Å². The second kappa shape index (κ2) is 7.60. The van der Waals surface area contributed by atoms with Gasteiger partial charge in [0.2, 0.25) is 0 Å². The van der Waals surface area contributed by atoms with Crippen LogP contribution in [0.2, 0.25) is 0 Å². The second-order valence-electron chi connectivity index (χ2n) is 6.49. The molecule has 0 bridgehead atoms. The van der Waals surface area contributed by atoms with Crippen LogP contribution in [0.1, 0.15) is 41.8 Å². The summed E-state index contributed by atoms with van der Waals surface area (Å²) in [5.74, 6) is 0.312. The lowest BCUT2D eigenvalue weighted by molar-refractivity contribution is -0.125. The highest BCUT2D eigenvalue weighted by atomic mass is 16.5. The summed E-state index contributed by atoms with van der Waals surface area (Å²) in [6, 6.07) is 13.0. The predicted molar refractivity (Wildman–Crippen MR) is 99.5 cm³/mol. The number of esters is 1. The molecule has 1 heterocycles. The average Bonchev–Trinajstić information content (AvgIpc) is 2.64. The number of aryl methyl sites for hydroxylation is 1. The topological polar surface area (TPSA) is 55.8 Å². The molecular weight excluding hydrogens is 330 g/mol. The van der Waals surface area contributed by atoms with Crippen molar-refractivity contribution in [2.75, 3.05) is 11.5 Å². The third-order valence-electron chi connectivity index (χ3n) is 4.29. The molecule has 1 unspecified atom stereocenters. The van der Waals surface area contributed by atoms with Gasteiger partial charge >= 0.3 is 5.97 Å². The van der Waals surface area contributed by atoms with Gasteiger partial charge in [-0.15, -0.1) is 0 Å². The molecule has 1 aliphatic heterocycles. The van der Waals surface area contributed by atoms with Crippen molar-refractivity contribution < 1.29 is 19.1 Å². The van der Waals surface area contributed by atoms with Crippen LogP contribution in [0.5, 0.6) is 5.75 Å². The van der Waals surface area contributed by atoms with E-state index in [0.29, 0.717) is 24.5 Å². The molecule has 2 aromatic carbocycles. The van der Waals surface area contributed by atoms with Crippen molar-refractivity contribution in [3.8, 4) is 5.75 Å². The highest BCUT2D eigenvalue weighted by Crippen LogP contribution is 2.35. The van der Waals surface area contributed by atoms with E-state index in [1.165, 1.54) is 0 Å². The Labute approximate surface area is 153 Å². The highest BCUT2D eigenvalue weighted by molar-refractivity contribution is 5.99. The third-order valence-corrected chi connectivity index (χ3v) is 4.29. The average molecular weight is 353 g/mol. The van der Waals surface area contributed by atoms with Crippen molar-refractivity contribution in [2.45, 2.75) is 39.8 Å². The van der Waals surface area contributed by atoms with Gasteiger partial charge in [0.25, 0.3) is 5.91 Å². The molecule has 136 valence electrons. The van der Waals surface area contributed by atoms with Gasteiger partial charge in [0.05, 0.1) is 24.4 Å². The van der Waals surface area contributed by atoms with Gasteiger partial charge in [0.15, 0.2) is 6.10 Å². The van der Waals surface area contributed by atoms with E-state index in [9.17, 15) is 9.59 Å². The van der Waals surface area contributed by atoms with Crippen LogP contribution in [-0.2, 0) is 16.1 Å². The molecule has 1 amide bonds. The lowest BCUT2D eigenvalue weighted by Gasteiger charge is -2.33. The van der Waals surface area contributed by atoms with Crippen molar-refractivity contribution >= 4 is 17.6 Å². The number of carbonyl (C=O) groups excluding carboxylic acids is 2. The Balaban J connectivity index is 1.81. The second-order valence-corrected chi connectivity index (χ2v) is 6.49. The molecule has 0 radical (unpaired) electrons. The van der Waals surface area contributed by atoms with Gasteiger partial charge in [-0.05, 0) is 55.7 Å². The van der Waals surface area contributed by atoms with E-state index in [4.69, 9.17) is 9.47 Å². The molecule has 26 heavy (non-hydrogen) atoms. The van der Waals surface area contributed by atoms with Crippen molar-refractivity contribution in [3.63, 3.8) is 0 Å². The van der Waals surface area contributed by atoms with Crippen LogP contribution in [0, 0.1) is 6.92 Å². The fraction of sp³-hybridized carbons (Fsp3) is 0.333. The number of fused-ring (bicyclic) bond motifs is 1. The van der Waals surface area contributed by atoms with Crippen LogP contribution >= 0.6 is 0 Å². The van der Waals surface area contributed by atoms with E-state index >= 15 is 0 Å². The van der Waals surface area contributed by atoms with Crippen molar-refractivity contribution in [1.29, 1.82) is 0 Å². The molecule has 0 N–H and O–H groups in total. The molecule has 5 heteroatoms. The molecule has 0 saturated heterocycles. The summed E-state index contributed by atoms with van der Waals surface area (Å²) in [6.07, 6.45) is 0.272. The first-order valence-electron chi connectivity index (χ1n) is 8.84. The van der Waals surface area contributed by atoms with E-state index < -0.39 is 6.10 Å². The van der Waals surface area contributed by atoms with Gasteiger partial charge in [-0.1, -0.05) is 25.1 Å². The summed E-state index contributed by atoms with van der Waals surface area (Å²) in [4.78, 5) is 26.3. The Morgan fingerprint density at radius 3 is 2.62 bits per heavy atom. The maximum atomic E-state index is 12.6. The lowest BCUT2D eigenvalue weighted by atomic mass is 10.1. The van der Waals surface area contributed by atoms with E-state index in [1.807, 2.05) is 44.2 Å². The Morgan fingerprint density at radius 2 is 1.92 bits per heavy atom. The molecule has 0 fully saturated rings. The van der Waals surface area contributed by atoms with Gasteiger partial charge in [-0.3, -0.25) is 4.79 Å². The lowest BCUT2D eigenvalue weighted by Crippen LogP contribution is -2.44. The number of anilines is 1. The molecule has 1 aliphatic rings. The number of nitrogens with zero attached hydrogens (tertiary/aromatic N) is 1. The predicted octanol–water partition coefficient (Wildman–Crippen LogP) is 3.88. The maximum Gasteiger partial charge on any atom is 0.338 e. The minimum atomic E-state index is -0.520. The van der Waals surface area contributed by atoms with Crippen molar-refractivity contribution in [1.82, 2.24) is 0 Å². The largest absolute Gasteiger partial charge is 0.479 e. The van der Waals surface area contributed by atoms with Crippen LogP contribution in [0.4, 0.5) is 5.69 Å². The van der Waals surface area contributed by atoms with Gasteiger partial charge in [0.1, 0.15) is 5.75 Å². The molecule has 3 rings (SSSR count). The standard InChI is InChI=1S/C21H23NO4/c1-4-11-25-21(24)17-8-6-16(7-9-17)13-22-18-12-14(2)5-10-19(18)26-15(3)20(22)23/h5-10,12,15H,4,11,13H2,1-3H3. The van der Waals surface area contributed by atoms with E-state index in [2.05, 4.69) is 0 Å². The minimum absolute atomic E-state index is 0.0745. The monoisotopic (exact) mass is 353 g/mol. The molecule has 0 aromatic heterocycles. The smallest absolute Gasteiger partial charge is 0.338 e. The first-order chi connectivity index (χ1) is 12.5.